The third-order valence-corrected chi connectivity index (χ3v) is 1.47. The van der Waals surface area contributed by atoms with E-state index >= 15 is 0 Å². The molecule has 3 nitrogen and oxygen atoms in total. The normalized spacial score (nSPS) is 10.2. The molecule has 2 aromatic rings. The Bertz CT molecular complexity index is 387. The molecule has 0 saturated heterocycles. The fraction of sp³-hybridized carbons (Fsp3) is 0. The molecule has 0 aliphatic carbocycles. The number of nitrogens with zero attached hydrogens (tertiary/aromatic N) is 2. The van der Waals surface area contributed by atoms with Gasteiger partial charge in [-0.1, -0.05) is 0 Å². The van der Waals surface area contributed by atoms with E-state index in [9.17, 15) is 0 Å². The van der Waals surface area contributed by atoms with Gasteiger partial charge in [0.25, 0.3) is 0 Å². The monoisotopic (exact) mass is 146 g/mol. The first-order valence-electron chi connectivity index (χ1n) is 3.25. The highest BCUT2D eigenvalue weighted by molar-refractivity contribution is 5.78. The first-order valence-corrected chi connectivity index (χ1v) is 3.25. The van der Waals surface area contributed by atoms with Crippen molar-refractivity contribution in [2.75, 3.05) is 0 Å². The van der Waals surface area contributed by atoms with E-state index in [1.165, 1.54) is 6.20 Å². The molecule has 0 amide bonds. The van der Waals surface area contributed by atoms with Crippen LogP contribution in [0.1, 0.15) is 0 Å². The predicted octanol–water partition coefficient (Wildman–Crippen LogP) is 1.34. The molecule has 2 heterocycles. The van der Waals surface area contributed by atoms with Crippen LogP contribution in [-0.2, 0) is 0 Å². The van der Waals surface area contributed by atoms with Crippen LogP contribution in [0.25, 0.3) is 10.9 Å². The van der Waals surface area contributed by atoms with Gasteiger partial charge in [0.05, 0.1) is 17.9 Å². The fourth-order valence-corrected chi connectivity index (χ4v) is 0.959. The first kappa shape index (κ1) is 6.09. The molecule has 0 aliphatic heterocycles. The van der Waals surface area contributed by atoms with Gasteiger partial charge >= 0.3 is 0 Å². The first-order chi connectivity index (χ1) is 5.36. The summed E-state index contributed by atoms with van der Waals surface area (Å²) in [5, 5.41) is 9.95. The van der Waals surface area contributed by atoms with Crippen LogP contribution in [0.15, 0.2) is 30.7 Å². The number of hydrogen-bond donors (Lipinski definition) is 1. The molecule has 3 heteroatoms. The van der Waals surface area contributed by atoms with Gasteiger partial charge in [-0.15, -0.1) is 0 Å². The van der Waals surface area contributed by atoms with E-state index in [2.05, 4.69) is 9.97 Å². The number of hydrogen-bond acceptors (Lipinski definition) is 3. The molecule has 0 aromatic carbocycles. The average Bonchev–Trinajstić information content (AvgIpc) is 2.04. The van der Waals surface area contributed by atoms with E-state index in [0.717, 1.165) is 10.9 Å². The zero-order chi connectivity index (χ0) is 7.68. The van der Waals surface area contributed by atoms with Crippen molar-refractivity contribution in [2.45, 2.75) is 0 Å². The summed E-state index contributed by atoms with van der Waals surface area (Å²) in [6.45, 7) is 0. The predicted molar refractivity (Wildman–Crippen MR) is 41.2 cm³/mol. The van der Waals surface area contributed by atoms with Gasteiger partial charge in [0.1, 0.15) is 5.75 Å². The second-order valence-corrected chi connectivity index (χ2v) is 2.26. The lowest BCUT2D eigenvalue weighted by atomic mass is 10.3. The van der Waals surface area contributed by atoms with E-state index in [0.29, 0.717) is 0 Å². The Labute approximate surface area is 63.3 Å². The van der Waals surface area contributed by atoms with Crippen LogP contribution in [0.2, 0.25) is 0 Å². The quantitative estimate of drug-likeness (QED) is 0.610. The zero-order valence-corrected chi connectivity index (χ0v) is 5.73. The molecule has 0 radical (unpaired) electrons. The molecule has 2 aromatic heterocycles. The van der Waals surface area contributed by atoms with E-state index < -0.39 is 0 Å². The Hall–Kier alpha value is -1.64. The van der Waals surface area contributed by atoms with Crippen molar-refractivity contribution < 1.29 is 5.11 Å². The van der Waals surface area contributed by atoms with Crippen LogP contribution >= 0.6 is 0 Å². The van der Waals surface area contributed by atoms with E-state index in [1.54, 1.807) is 18.5 Å². The Morgan fingerprint density at radius 3 is 3.09 bits per heavy atom. The summed E-state index contributed by atoms with van der Waals surface area (Å²) in [7, 11) is 0. The van der Waals surface area contributed by atoms with Crippen LogP contribution in [-0.4, -0.2) is 15.1 Å². The minimum Gasteiger partial charge on any atom is -0.506 e. The minimum atomic E-state index is 0.184. The van der Waals surface area contributed by atoms with E-state index in [4.69, 9.17) is 5.11 Å². The molecule has 11 heavy (non-hydrogen) atoms. The summed E-state index contributed by atoms with van der Waals surface area (Å²) in [5.74, 6) is 0.184. The van der Waals surface area contributed by atoms with Crippen molar-refractivity contribution in [2.24, 2.45) is 0 Å². The molecule has 1 N–H and O–H groups in total. The number of pyridine rings is 2. The van der Waals surface area contributed by atoms with Crippen molar-refractivity contribution in [1.82, 2.24) is 9.97 Å². The number of rotatable bonds is 0. The molecule has 0 fully saturated rings. The number of aromatic hydroxyl groups is 1. The lowest BCUT2D eigenvalue weighted by Gasteiger charge is -1.94. The Kier molecular flexibility index (Phi) is 1.22. The molecular formula is C8H6N2O. The second kappa shape index (κ2) is 2.20. The maximum Gasteiger partial charge on any atom is 0.134 e. The Morgan fingerprint density at radius 2 is 2.18 bits per heavy atom. The molecule has 0 unspecified atom stereocenters. The largest absolute Gasteiger partial charge is 0.506 e. The van der Waals surface area contributed by atoms with E-state index in [-0.39, 0.29) is 5.75 Å². The third kappa shape index (κ3) is 1.00. The molecule has 0 aliphatic rings. The maximum absolute atomic E-state index is 9.05. The third-order valence-electron chi connectivity index (χ3n) is 1.47. The van der Waals surface area contributed by atoms with Crippen molar-refractivity contribution in [1.29, 1.82) is 0 Å². The molecular weight excluding hydrogens is 140 g/mol. The molecule has 2 rings (SSSR count). The molecule has 0 spiro atoms. The summed E-state index contributed by atoms with van der Waals surface area (Å²) in [5.41, 5.74) is 0.797. The van der Waals surface area contributed by atoms with Gasteiger partial charge in [-0.05, 0) is 12.1 Å². The van der Waals surface area contributed by atoms with Crippen LogP contribution in [0, 0.1) is 0 Å². The van der Waals surface area contributed by atoms with Gasteiger partial charge in [-0.2, -0.15) is 0 Å². The van der Waals surface area contributed by atoms with Crippen molar-refractivity contribution >= 4 is 10.9 Å². The fourth-order valence-electron chi connectivity index (χ4n) is 0.959. The summed E-state index contributed by atoms with van der Waals surface area (Å²) < 4.78 is 0. The summed E-state index contributed by atoms with van der Waals surface area (Å²) in [4.78, 5) is 7.87. The lowest BCUT2D eigenvalue weighted by molar-refractivity contribution is 0.474. The SMILES string of the molecule is Oc1cnc2cnccc2c1. The summed E-state index contributed by atoms with van der Waals surface area (Å²) >= 11 is 0. The van der Waals surface area contributed by atoms with Crippen molar-refractivity contribution in [3.63, 3.8) is 0 Å². The summed E-state index contributed by atoms with van der Waals surface area (Å²) in [6.07, 6.45) is 4.74. The van der Waals surface area contributed by atoms with Gasteiger partial charge in [0.2, 0.25) is 0 Å². The van der Waals surface area contributed by atoms with Crippen LogP contribution in [0.3, 0.4) is 0 Å². The number of aromatic nitrogens is 2. The Morgan fingerprint density at radius 1 is 1.27 bits per heavy atom. The highest BCUT2D eigenvalue weighted by Gasteiger charge is 1.93. The second-order valence-electron chi connectivity index (χ2n) is 2.26. The molecule has 0 bridgehead atoms. The zero-order valence-electron chi connectivity index (χ0n) is 5.73. The van der Waals surface area contributed by atoms with Crippen LogP contribution in [0.5, 0.6) is 5.75 Å². The van der Waals surface area contributed by atoms with Gasteiger partial charge in [0, 0.05) is 11.6 Å². The van der Waals surface area contributed by atoms with Gasteiger partial charge in [0.15, 0.2) is 0 Å². The summed E-state index contributed by atoms with van der Waals surface area (Å²) in [6, 6.07) is 3.46. The molecule has 0 saturated carbocycles. The molecule has 0 atom stereocenters. The average molecular weight is 146 g/mol. The van der Waals surface area contributed by atoms with Crippen molar-refractivity contribution in [3.8, 4) is 5.75 Å². The van der Waals surface area contributed by atoms with Crippen LogP contribution < -0.4 is 0 Å². The topological polar surface area (TPSA) is 46.0 Å². The van der Waals surface area contributed by atoms with E-state index in [1.807, 2.05) is 6.07 Å². The van der Waals surface area contributed by atoms with Gasteiger partial charge in [-0.3, -0.25) is 9.97 Å². The Balaban J connectivity index is 2.83. The molecule has 54 valence electrons. The highest BCUT2D eigenvalue weighted by atomic mass is 16.3. The minimum absolute atomic E-state index is 0.184. The highest BCUT2D eigenvalue weighted by Crippen LogP contribution is 2.14. The maximum atomic E-state index is 9.05. The smallest absolute Gasteiger partial charge is 0.134 e. The van der Waals surface area contributed by atoms with Gasteiger partial charge < -0.3 is 5.11 Å². The van der Waals surface area contributed by atoms with Gasteiger partial charge in [-0.25, -0.2) is 0 Å². The van der Waals surface area contributed by atoms with Crippen molar-refractivity contribution in [3.05, 3.63) is 30.7 Å². The van der Waals surface area contributed by atoms with Crippen LogP contribution in [0.4, 0.5) is 0 Å². The standard InChI is InChI=1S/C8H6N2O/c11-7-3-6-1-2-9-5-8(6)10-4-7/h1-5,11H. The number of fused-ring (bicyclic) bond motifs is 1. The lowest BCUT2D eigenvalue weighted by Crippen LogP contribution is -1.78.